The Kier molecular flexibility index (Phi) is 4.22. The fourth-order valence-corrected chi connectivity index (χ4v) is 5.07. The summed E-state index contributed by atoms with van der Waals surface area (Å²) < 4.78 is 5.20. The van der Waals surface area contributed by atoms with Crippen LogP contribution < -0.4 is 15.0 Å². The van der Waals surface area contributed by atoms with Crippen LogP contribution in [0.15, 0.2) is 18.3 Å². The highest BCUT2D eigenvalue weighted by molar-refractivity contribution is 6.38. The Morgan fingerprint density at radius 1 is 1.10 bits per heavy atom. The Morgan fingerprint density at radius 2 is 1.90 bits per heavy atom. The van der Waals surface area contributed by atoms with E-state index in [1.807, 2.05) is 19.1 Å². The van der Waals surface area contributed by atoms with E-state index in [9.17, 15) is 0 Å². The molecule has 0 spiro atoms. The number of methoxy groups -OCH3 is 1. The van der Waals surface area contributed by atoms with Crippen LogP contribution in [0.4, 0.5) is 5.82 Å². The van der Waals surface area contributed by atoms with Crippen molar-refractivity contribution in [1.29, 1.82) is 0 Å². The summed E-state index contributed by atoms with van der Waals surface area (Å²) in [5.74, 6) is 1.35. The van der Waals surface area contributed by atoms with Gasteiger partial charge in [-0.05, 0) is 31.9 Å². The molecule has 2 N–H and O–H groups in total. The number of fused-ring (bicyclic) bond motifs is 4. The molecule has 10 heteroatoms. The lowest BCUT2D eigenvalue weighted by Gasteiger charge is -2.36. The summed E-state index contributed by atoms with van der Waals surface area (Å²) in [4.78, 5) is 21.1. The van der Waals surface area contributed by atoms with Gasteiger partial charge in [0.15, 0.2) is 11.5 Å². The quantitative estimate of drug-likeness (QED) is 0.505. The van der Waals surface area contributed by atoms with Gasteiger partial charge in [-0.25, -0.2) is 19.9 Å². The molecule has 0 saturated carbocycles. The van der Waals surface area contributed by atoms with E-state index in [4.69, 9.17) is 26.3 Å². The number of H-pyrrole nitrogens is 1. The normalized spacial score (nSPS) is 20.7. The van der Waals surface area contributed by atoms with Gasteiger partial charge in [0, 0.05) is 30.7 Å². The van der Waals surface area contributed by atoms with Crippen molar-refractivity contribution >= 4 is 39.6 Å². The molecule has 5 heterocycles. The maximum absolute atomic E-state index is 6.73. The number of hydrogen-bond acceptors (Lipinski definition) is 8. The van der Waals surface area contributed by atoms with Crippen molar-refractivity contribution in [2.75, 3.05) is 25.1 Å². The summed E-state index contributed by atoms with van der Waals surface area (Å²) in [6, 6.07) is 4.70. The second-order valence-electron chi connectivity index (χ2n) is 8.06. The van der Waals surface area contributed by atoms with E-state index >= 15 is 0 Å². The van der Waals surface area contributed by atoms with Gasteiger partial charge in [-0.2, -0.15) is 5.10 Å². The van der Waals surface area contributed by atoms with Crippen molar-refractivity contribution in [2.45, 2.75) is 31.8 Å². The number of piperazine rings is 1. The van der Waals surface area contributed by atoms with Crippen molar-refractivity contribution < 1.29 is 4.74 Å². The lowest BCUT2D eigenvalue weighted by molar-refractivity contribution is 0.397. The summed E-state index contributed by atoms with van der Waals surface area (Å²) in [5.41, 5.74) is 4.87. The van der Waals surface area contributed by atoms with Gasteiger partial charge in [0.05, 0.1) is 29.5 Å². The molecule has 2 atom stereocenters. The second-order valence-corrected chi connectivity index (χ2v) is 8.44. The third-order valence-electron chi connectivity index (χ3n) is 6.26. The van der Waals surface area contributed by atoms with Crippen LogP contribution in [-0.4, -0.2) is 62.4 Å². The molecule has 0 radical (unpaired) electrons. The number of rotatable bonds is 3. The predicted octanol–water partition coefficient (Wildman–Crippen LogP) is 2.87. The number of aryl methyl sites for hydroxylation is 1. The van der Waals surface area contributed by atoms with E-state index in [0.29, 0.717) is 50.9 Å². The molecule has 2 bridgehead atoms. The minimum atomic E-state index is 0.407. The van der Waals surface area contributed by atoms with E-state index < -0.39 is 0 Å². The standard InChI is InChI=1S/C21H21ClN8O/c1-10-21(30-11-3-4-12(30)8-23-7-11)27-20-19(25-10)17(28-29-20)13-5-6-14-18(16(13)22)26-15(31-2)9-24-14/h5-6,9,11-12,23H,3-4,7-8H2,1-2H3,(H,27,28,29)/t11-,12+. The highest BCUT2D eigenvalue weighted by Crippen LogP contribution is 2.37. The maximum Gasteiger partial charge on any atom is 0.232 e. The summed E-state index contributed by atoms with van der Waals surface area (Å²) in [6.45, 7) is 3.99. The van der Waals surface area contributed by atoms with E-state index in [0.717, 1.165) is 30.2 Å². The van der Waals surface area contributed by atoms with Crippen molar-refractivity contribution in [3.8, 4) is 17.1 Å². The number of aromatic nitrogens is 6. The molecular formula is C21H21ClN8O. The number of hydrogen-bond donors (Lipinski definition) is 2. The SMILES string of the molecule is COc1cnc2ccc(-c3n[nH]c4nc(N5[C@@H]6CC[C@H]5CNC6)c(C)nc34)c(Cl)c2n1. The zero-order chi connectivity index (χ0) is 21.1. The van der Waals surface area contributed by atoms with Gasteiger partial charge in [0.2, 0.25) is 5.88 Å². The molecule has 3 aromatic heterocycles. The van der Waals surface area contributed by atoms with E-state index in [2.05, 4.69) is 30.4 Å². The molecule has 2 aliphatic heterocycles. The van der Waals surface area contributed by atoms with E-state index in [1.165, 1.54) is 12.8 Å². The molecular weight excluding hydrogens is 416 g/mol. The molecule has 0 aliphatic carbocycles. The van der Waals surface area contributed by atoms with Crippen molar-refractivity contribution in [1.82, 2.24) is 35.5 Å². The number of ether oxygens (including phenoxy) is 1. The molecule has 31 heavy (non-hydrogen) atoms. The Bertz CT molecular complexity index is 1310. The zero-order valence-corrected chi connectivity index (χ0v) is 17.9. The zero-order valence-electron chi connectivity index (χ0n) is 17.2. The van der Waals surface area contributed by atoms with Crippen molar-refractivity contribution in [2.24, 2.45) is 0 Å². The molecule has 2 aliphatic rings. The Labute approximate surface area is 183 Å². The Balaban J connectivity index is 1.48. The number of anilines is 1. The van der Waals surface area contributed by atoms with Crippen LogP contribution in [0, 0.1) is 6.92 Å². The molecule has 0 amide bonds. The Morgan fingerprint density at radius 3 is 2.68 bits per heavy atom. The number of nitrogens with one attached hydrogen (secondary N) is 2. The van der Waals surface area contributed by atoms with Gasteiger partial charge < -0.3 is 15.0 Å². The largest absolute Gasteiger partial charge is 0.480 e. The van der Waals surface area contributed by atoms with Crippen LogP contribution >= 0.6 is 11.6 Å². The van der Waals surface area contributed by atoms with Crippen LogP contribution in [0.1, 0.15) is 18.5 Å². The van der Waals surface area contributed by atoms with Crippen LogP contribution in [0.25, 0.3) is 33.5 Å². The van der Waals surface area contributed by atoms with Crippen molar-refractivity contribution in [3.05, 3.63) is 29.0 Å². The molecule has 1 aromatic carbocycles. The van der Waals surface area contributed by atoms with Gasteiger partial charge in [-0.15, -0.1) is 0 Å². The maximum atomic E-state index is 6.73. The number of halogens is 1. The molecule has 9 nitrogen and oxygen atoms in total. The fraction of sp³-hybridized carbons (Fsp3) is 0.381. The summed E-state index contributed by atoms with van der Waals surface area (Å²) in [5, 5.41) is 11.5. The first kappa shape index (κ1) is 18.7. The predicted molar refractivity (Wildman–Crippen MR) is 119 cm³/mol. The van der Waals surface area contributed by atoms with Crippen LogP contribution in [-0.2, 0) is 0 Å². The highest BCUT2D eigenvalue weighted by atomic mass is 35.5. The van der Waals surface area contributed by atoms with Gasteiger partial charge in [0.1, 0.15) is 16.7 Å². The van der Waals surface area contributed by atoms with E-state index in [1.54, 1.807) is 13.3 Å². The average Bonchev–Trinajstić information content (AvgIpc) is 3.29. The van der Waals surface area contributed by atoms with Crippen LogP contribution in [0.2, 0.25) is 5.02 Å². The molecule has 0 unspecified atom stereocenters. The molecule has 2 saturated heterocycles. The Hall–Kier alpha value is -3.04. The first-order valence-corrected chi connectivity index (χ1v) is 10.7. The monoisotopic (exact) mass is 436 g/mol. The number of nitrogens with zero attached hydrogens (tertiary/aromatic N) is 6. The second kappa shape index (κ2) is 7.00. The van der Waals surface area contributed by atoms with Crippen molar-refractivity contribution in [3.63, 3.8) is 0 Å². The minimum Gasteiger partial charge on any atom is -0.480 e. The third kappa shape index (κ3) is 2.84. The van der Waals surface area contributed by atoms with Crippen LogP contribution in [0.3, 0.4) is 0 Å². The molecule has 4 aromatic rings. The summed E-state index contributed by atoms with van der Waals surface area (Å²) in [7, 11) is 1.55. The smallest absolute Gasteiger partial charge is 0.232 e. The molecule has 158 valence electrons. The average molecular weight is 437 g/mol. The van der Waals surface area contributed by atoms with Gasteiger partial charge >= 0.3 is 0 Å². The summed E-state index contributed by atoms with van der Waals surface area (Å²) in [6.07, 6.45) is 3.94. The molecule has 2 fully saturated rings. The van der Waals surface area contributed by atoms with Gasteiger partial charge in [-0.1, -0.05) is 11.6 Å². The highest BCUT2D eigenvalue weighted by Gasteiger charge is 2.38. The lowest BCUT2D eigenvalue weighted by Crippen LogP contribution is -2.52. The third-order valence-corrected chi connectivity index (χ3v) is 6.65. The van der Waals surface area contributed by atoms with E-state index in [-0.39, 0.29) is 0 Å². The topological polar surface area (TPSA) is 105 Å². The van der Waals surface area contributed by atoms with Gasteiger partial charge in [-0.3, -0.25) is 5.10 Å². The van der Waals surface area contributed by atoms with Gasteiger partial charge in [0.25, 0.3) is 0 Å². The number of benzene rings is 1. The van der Waals surface area contributed by atoms with Crippen LogP contribution in [0.5, 0.6) is 5.88 Å². The minimum absolute atomic E-state index is 0.407. The number of aromatic amines is 1. The molecule has 6 rings (SSSR count). The first-order chi connectivity index (χ1) is 15.1. The lowest BCUT2D eigenvalue weighted by atomic mass is 10.1. The fourth-order valence-electron chi connectivity index (χ4n) is 4.78. The first-order valence-electron chi connectivity index (χ1n) is 10.4. The summed E-state index contributed by atoms with van der Waals surface area (Å²) >= 11 is 6.73.